The van der Waals surface area contributed by atoms with E-state index in [1.807, 2.05) is 71.3 Å². The third kappa shape index (κ3) is 4.50. The van der Waals surface area contributed by atoms with E-state index >= 15 is 0 Å². The molecule has 2 aromatic carbocycles. The van der Waals surface area contributed by atoms with Crippen LogP contribution in [0.3, 0.4) is 0 Å². The van der Waals surface area contributed by atoms with Crippen molar-refractivity contribution in [2.75, 3.05) is 27.2 Å². The number of rotatable bonds is 8. The molecule has 0 unspecified atom stereocenters. The Kier molecular flexibility index (Phi) is 6.07. The highest BCUT2D eigenvalue weighted by molar-refractivity contribution is 5.68. The quantitative estimate of drug-likeness (QED) is 0.453. The van der Waals surface area contributed by atoms with Crippen molar-refractivity contribution >= 4 is 5.65 Å². The van der Waals surface area contributed by atoms with E-state index in [2.05, 4.69) is 29.2 Å². The van der Waals surface area contributed by atoms with Crippen LogP contribution in [0.1, 0.15) is 12.0 Å². The number of fused-ring (bicyclic) bond motifs is 1. The number of pyridine rings is 1. The van der Waals surface area contributed by atoms with Gasteiger partial charge in [-0.1, -0.05) is 18.2 Å². The van der Waals surface area contributed by atoms with Gasteiger partial charge in [0.05, 0.1) is 13.2 Å². The fourth-order valence-corrected chi connectivity index (χ4v) is 3.38. The number of hydrogen-bond donors (Lipinski definition) is 1. The molecule has 0 radical (unpaired) electrons. The van der Waals surface area contributed by atoms with Crippen LogP contribution in [0, 0.1) is 0 Å². The SMILES string of the molecule is CN(C)CCCOc1ccc(-c2nnc3ccc(-c4cccc(CO)c4)cn23)cc1. The zero-order chi connectivity index (χ0) is 20.9. The molecule has 0 atom stereocenters. The van der Waals surface area contributed by atoms with Gasteiger partial charge in [0.2, 0.25) is 0 Å². The summed E-state index contributed by atoms with van der Waals surface area (Å²) in [6, 6.07) is 19.8. The fraction of sp³-hybridized carbons (Fsp3) is 0.250. The second-order valence-corrected chi connectivity index (χ2v) is 7.56. The summed E-state index contributed by atoms with van der Waals surface area (Å²) in [5, 5.41) is 18.1. The molecule has 4 rings (SSSR count). The summed E-state index contributed by atoms with van der Waals surface area (Å²) < 4.78 is 7.82. The highest BCUT2D eigenvalue weighted by Crippen LogP contribution is 2.25. The smallest absolute Gasteiger partial charge is 0.168 e. The Morgan fingerprint density at radius 1 is 0.933 bits per heavy atom. The molecule has 0 amide bonds. The Morgan fingerprint density at radius 3 is 2.50 bits per heavy atom. The summed E-state index contributed by atoms with van der Waals surface area (Å²) in [6.45, 7) is 1.73. The van der Waals surface area contributed by atoms with Crippen molar-refractivity contribution in [2.45, 2.75) is 13.0 Å². The van der Waals surface area contributed by atoms with Gasteiger partial charge in [0, 0.05) is 18.3 Å². The number of benzene rings is 2. The van der Waals surface area contributed by atoms with Gasteiger partial charge < -0.3 is 14.7 Å². The lowest BCUT2D eigenvalue weighted by Crippen LogP contribution is -2.15. The average Bonchev–Trinajstić information content (AvgIpc) is 3.20. The molecule has 4 aromatic rings. The van der Waals surface area contributed by atoms with Crippen molar-refractivity contribution in [1.29, 1.82) is 0 Å². The molecule has 2 aromatic heterocycles. The average molecular weight is 402 g/mol. The number of nitrogens with zero attached hydrogens (tertiary/aromatic N) is 4. The summed E-state index contributed by atoms with van der Waals surface area (Å²) in [6.07, 6.45) is 3.02. The van der Waals surface area contributed by atoms with Gasteiger partial charge in [0.1, 0.15) is 5.75 Å². The van der Waals surface area contributed by atoms with Crippen LogP contribution in [0.5, 0.6) is 5.75 Å². The Bertz CT molecular complexity index is 1120. The first kappa shape index (κ1) is 20.1. The van der Waals surface area contributed by atoms with Crippen molar-refractivity contribution in [3.05, 3.63) is 72.4 Å². The van der Waals surface area contributed by atoms with Crippen molar-refractivity contribution in [3.63, 3.8) is 0 Å². The van der Waals surface area contributed by atoms with Crippen LogP contribution in [-0.2, 0) is 6.61 Å². The minimum atomic E-state index is 0.0253. The van der Waals surface area contributed by atoms with Crippen LogP contribution in [0.15, 0.2) is 66.9 Å². The molecule has 0 spiro atoms. The summed E-state index contributed by atoms with van der Waals surface area (Å²) in [5.41, 5.74) is 4.74. The molecular weight excluding hydrogens is 376 g/mol. The highest BCUT2D eigenvalue weighted by atomic mass is 16.5. The molecule has 6 heteroatoms. The third-order valence-electron chi connectivity index (χ3n) is 4.98. The number of hydrogen-bond acceptors (Lipinski definition) is 5. The summed E-state index contributed by atoms with van der Waals surface area (Å²) in [5.74, 6) is 1.64. The first-order chi connectivity index (χ1) is 14.6. The number of aliphatic hydroxyl groups is 1. The number of ether oxygens (including phenoxy) is 1. The lowest BCUT2D eigenvalue weighted by Gasteiger charge is -2.10. The van der Waals surface area contributed by atoms with Gasteiger partial charge in [0.15, 0.2) is 11.5 Å². The van der Waals surface area contributed by atoms with E-state index in [9.17, 15) is 5.11 Å². The fourth-order valence-electron chi connectivity index (χ4n) is 3.38. The molecule has 0 aliphatic heterocycles. The largest absolute Gasteiger partial charge is 0.494 e. The van der Waals surface area contributed by atoms with Crippen molar-refractivity contribution in [2.24, 2.45) is 0 Å². The second-order valence-electron chi connectivity index (χ2n) is 7.56. The lowest BCUT2D eigenvalue weighted by atomic mass is 10.1. The Hall–Kier alpha value is -3.22. The molecule has 1 N–H and O–H groups in total. The first-order valence-electron chi connectivity index (χ1n) is 10.1. The van der Waals surface area contributed by atoms with E-state index < -0.39 is 0 Å². The Labute approximate surface area is 176 Å². The van der Waals surface area contributed by atoms with Gasteiger partial charge in [-0.2, -0.15) is 0 Å². The molecule has 0 aliphatic carbocycles. The normalized spacial score (nSPS) is 11.3. The maximum absolute atomic E-state index is 9.42. The minimum Gasteiger partial charge on any atom is -0.494 e. The molecule has 0 aliphatic rings. The van der Waals surface area contributed by atoms with Crippen molar-refractivity contribution in [1.82, 2.24) is 19.5 Å². The zero-order valence-corrected chi connectivity index (χ0v) is 17.3. The summed E-state index contributed by atoms with van der Waals surface area (Å²) in [7, 11) is 4.12. The third-order valence-corrected chi connectivity index (χ3v) is 4.98. The van der Waals surface area contributed by atoms with Gasteiger partial charge in [0.25, 0.3) is 0 Å². The van der Waals surface area contributed by atoms with E-state index in [1.165, 1.54) is 0 Å². The highest BCUT2D eigenvalue weighted by Gasteiger charge is 2.10. The van der Waals surface area contributed by atoms with Gasteiger partial charge in [-0.05, 0) is 79.7 Å². The number of aliphatic hydroxyl groups excluding tert-OH is 1. The van der Waals surface area contributed by atoms with E-state index in [4.69, 9.17) is 4.74 Å². The topological polar surface area (TPSA) is 62.9 Å². The Morgan fingerprint density at radius 2 is 1.73 bits per heavy atom. The monoisotopic (exact) mass is 402 g/mol. The minimum absolute atomic E-state index is 0.0253. The predicted octanol–water partition coefficient (Wildman–Crippen LogP) is 3.89. The van der Waals surface area contributed by atoms with Gasteiger partial charge in [-0.3, -0.25) is 4.40 Å². The van der Waals surface area contributed by atoms with Crippen LogP contribution >= 0.6 is 0 Å². The van der Waals surface area contributed by atoms with E-state index in [1.54, 1.807) is 0 Å². The van der Waals surface area contributed by atoms with Gasteiger partial charge in [-0.15, -0.1) is 10.2 Å². The first-order valence-corrected chi connectivity index (χ1v) is 10.1. The molecule has 0 fully saturated rings. The predicted molar refractivity (Wildman–Crippen MR) is 118 cm³/mol. The van der Waals surface area contributed by atoms with Gasteiger partial charge >= 0.3 is 0 Å². The lowest BCUT2D eigenvalue weighted by molar-refractivity contribution is 0.281. The van der Waals surface area contributed by atoms with Crippen LogP contribution in [0.4, 0.5) is 0 Å². The van der Waals surface area contributed by atoms with E-state index in [0.29, 0.717) is 6.61 Å². The maximum atomic E-state index is 9.42. The summed E-state index contributed by atoms with van der Waals surface area (Å²) in [4.78, 5) is 2.15. The van der Waals surface area contributed by atoms with Crippen molar-refractivity contribution in [3.8, 4) is 28.3 Å². The standard InChI is InChI=1S/C24H26N4O2/c1-27(2)13-4-14-30-22-10-7-19(8-11-22)24-26-25-23-12-9-21(16-28(23)24)20-6-3-5-18(15-20)17-29/h3,5-12,15-16,29H,4,13-14,17H2,1-2H3. The molecule has 154 valence electrons. The van der Waals surface area contributed by atoms with Gasteiger partial charge in [-0.25, -0.2) is 0 Å². The number of aromatic nitrogens is 3. The second kappa shape index (κ2) is 9.07. The Balaban J connectivity index is 1.57. The van der Waals surface area contributed by atoms with Crippen LogP contribution < -0.4 is 4.74 Å². The summed E-state index contributed by atoms with van der Waals surface area (Å²) >= 11 is 0. The maximum Gasteiger partial charge on any atom is 0.168 e. The van der Waals surface area contributed by atoms with E-state index in [0.717, 1.165) is 52.4 Å². The van der Waals surface area contributed by atoms with Crippen molar-refractivity contribution < 1.29 is 9.84 Å². The molecule has 0 saturated carbocycles. The van der Waals surface area contributed by atoms with Crippen LogP contribution in [0.25, 0.3) is 28.2 Å². The molecule has 6 nitrogen and oxygen atoms in total. The van der Waals surface area contributed by atoms with E-state index in [-0.39, 0.29) is 6.61 Å². The van der Waals surface area contributed by atoms with Crippen LogP contribution in [-0.4, -0.2) is 51.9 Å². The zero-order valence-electron chi connectivity index (χ0n) is 17.3. The molecule has 0 bridgehead atoms. The molecule has 2 heterocycles. The molecule has 0 saturated heterocycles. The van der Waals surface area contributed by atoms with Crippen LogP contribution in [0.2, 0.25) is 0 Å². The molecule has 30 heavy (non-hydrogen) atoms. The molecular formula is C24H26N4O2.